The Morgan fingerprint density at radius 1 is 1.15 bits per heavy atom. The fraction of sp³-hybridized carbons (Fsp3) is 0.706. The molecule has 1 heterocycles. The van der Waals surface area contributed by atoms with Crippen LogP contribution in [-0.2, 0) is 6.54 Å². The summed E-state index contributed by atoms with van der Waals surface area (Å²) in [7, 11) is 0. The standard InChI is InChI=1S/C17H30N2O/c1-5-7-8-9-10-20-17-12-15(13-18-6-2)11-16(19-17)14(3)4/h11-12,14,18H,5-10,13H2,1-4H3. The molecule has 0 saturated carbocycles. The SMILES string of the molecule is CCCCCCOc1cc(CNCC)cc(C(C)C)n1. The van der Waals surface area contributed by atoms with E-state index in [1.807, 2.05) is 0 Å². The largest absolute Gasteiger partial charge is 0.478 e. The molecule has 0 amide bonds. The molecule has 0 aliphatic carbocycles. The van der Waals surface area contributed by atoms with Crippen LogP contribution in [0.3, 0.4) is 0 Å². The Morgan fingerprint density at radius 3 is 2.60 bits per heavy atom. The zero-order valence-electron chi connectivity index (χ0n) is 13.5. The molecule has 1 aromatic rings. The molecule has 1 aromatic heterocycles. The number of ether oxygens (including phenoxy) is 1. The first-order valence-electron chi connectivity index (χ1n) is 8.01. The van der Waals surface area contributed by atoms with Gasteiger partial charge in [0.1, 0.15) is 0 Å². The van der Waals surface area contributed by atoms with E-state index < -0.39 is 0 Å². The molecule has 0 saturated heterocycles. The number of rotatable bonds is 10. The average Bonchev–Trinajstić information content (AvgIpc) is 2.44. The third-order valence-corrected chi connectivity index (χ3v) is 3.30. The van der Waals surface area contributed by atoms with E-state index >= 15 is 0 Å². The molecule has 0 fully saturated rings. The molecule has 1 rings (SSSR count). The molecule has 3 heteroatoms. The predicted octanol–water partition coefficient (Wildman–Crippen LogP) is 4.27. The number of aromatic nitrogens is 1. The predicted molar refractivity (Wildman–Crippen MR) is 85.3 cm³/mol. The maximum Gasteiger partial charge on any atom is 0.213 e. The van der Waals surface area contributed by atoms with Crippen molar-refractivity contribution in [2.75, 3.05) is 13.2 Å². The van der Waals surface area contributed by atoms with E-state index in [0.29, 0.717) is 5.92 Å². The first kappa shape index (κ1) is 17.0. The minimum atomic E-state index is 0.430. The molecule has 0 unspecified atom stereocenters. The summed E-state index contributed by atoms with van der Waals surface area (Å²) in [6.07, 6.45) is 4.90. The smallest absolute Gasteiger partial charge is 0.213 e. The Balaban J connectivity index is 2.60. The molecule has 0 atom stereocenters. The van der Waals surface area contributed by atoms with Crippen LogP contribution in [0.4, 0.5) is 0 Å². The molecule has 20 heavy (non-hydrogen) atoms. The lowest BCUT2D eigenvalue weighted by Gasteiger charge is -2.12. The fourth-order valence-corrected chi connectivity index (χ4v) is 2.03. The lowest BCUT2D eigenvalue weighted by molar-refractivity contribution is 0.292. The zero-order valence-corrected chi connectivity index (χ0v) is 13.5. The molecular formula is C17H30N2O. The van der Waals surface area contributed by atoms with E-state index in [1.54, 1.807) is 0 Å². The molecule has 0 radical (unpaired) electrons. The lowest BCUT2D eigenvalue weighted by Crippen LogP contribution is -2.13. The number of pyridine rings is 1. The van der Waals surface area contributed by atoms with Crippen LogP contribution in [0, 0.1) is 0 Å². The Morgan fingerprint density at radius 2 is 1.95 bits per heavy atom. The highest BCUT2D eigenvalue weighted by atomic mass is 16.5. The molecule has 0 bridgehead atoms. The Labute approximate surface area is 124 Å². The summed E-state index contributed by atoms with van der Waals surface area (Å²) in [5, 5.41) is 3.36. The van der Waals surface area contributed by atoms with Gasteiger partial charge in [-0.1, -0.05) is 47.0 Å². The van der Waals surface area contributed by atoms with Gasteiger partial charge in [-0.3, -0.25) is 0 Å². The third kappa shape index (κ3) is 6.38. The molecule has 114 valence electrons. The Kier molecular flexibility index (Phi) is 8.28. The first-order valence-corrected chi connectivity index (χ1v) is 8.01. The van der Waals surface area contributed by atoms with Gasteiger partial charge in [0, 0.05) is 18.3 Å². The highest BCUT2D eigenvalue weighted by Crippen LogP contribution is 2.19. The van der Waals surface area contributed by atoms with Crippen molar-refractivity contribution in [1.29, 1.82) is 0 Å². The van der Waals surface area contributed by atoms with Crippen molar-refractivity contribution in [3.63, 3.8) is 0 Å². The number of hydrogen-bond donors (Lipinski definition) is 1. The van der Waals surface area contributed by atoms with Gasteiger partial charge in [-0.2, -0.15) is 0 Å². The topological polar surface area (TPSA) is 34.1 Å². The second-order valence-corrected chi connectivity index (χ2v) is 5.58. The van der Waals surface area contributed by atoms with Gasteiger partial charge in [0.05, 0.1) is 6.61 Å². The summed E-state index contributed by atoms with van der Waals surface area (Å²) in [6.45, 7) is 11.3. The number of nitrogens with one attached hydrogen (secondary N) is 1. The minimum Gasteiger partial charge on any atom is -0.478 e. The Hall–Kier alpha value is -1.09. The van der Waals surface area contributed by atoms with Gasteiger partial charge in [-0.15, -0.1) is 0 Å². The van der Waals surface area contributed by atoms with E-state index in [-0.39, 0.29) is 0 Å². The third-order valence-electron chi connectivity index (χ3n) is 3.30. The highest BCUT2D eigenvalue weighted by Gasteiger charge is 2.07. The van der Waals surface area contributed by atoms with Crippen LogP contribution in [0.5, 0.6) is 5.88 Å². The number of unbranched alkanes of at least 4 members (excludes halogenated alkanes) is 3. The quantitative estimate of drug-likeness (QED) is 0.649. The summed E-state index contributed by atoms with van der Waals surface area (Å²) < 4.78 is 5.83. The summed E-state index contributed by atoms with van der Waals surface area (Å²) in [6, 6.07) is 4.24. The van der Waals surface area contributed by atoms with Crippen LogP contribution in [-0.4, -0.2) is 18.1 Å². The van der Waals surface area contributed by atoms with Crippen LogP contribution in [0.1, 0.15) is 70.6 Å². The van der Waals surface area contributed by atoms with Crippen molar-refractivity contribution >= 4 is 0 Å². The monoisotopic (exact) mass is 278 g/mol. The summed E-state index contributed by atoms with van der Waals surface area (Å²) >= 11 is 0. The van der Waals surface area contributed by atoms with Gasteiger partial charge in [0.25, 0.3) is 0 Å². The van der Waals surface area contributed by atoms with Crippen molar-refractivity contribution < 1.29 is 4.74 Å². The summed E-state index contributed by atoms with van der Waals surface area (Å²) in [4.78, 5) is 4.61. The van der Waals surface area contributed by atoms with Gasteiger partial charge in [-0.25, -0.2) is 4.98 Å². The van der Waals surface area contributed by atoms with Crippen LogP contribution in [0.25, 0.3) is 0 Å². The molecule has 0 aromatic carbocycles. The second kappa shape index (κ2) is 9.76. The highest BCUT2D eigenvalue weighted by molar-refractivity contribution is 5.26. The van der Waals surface area contributed by atoms with Gasteiger partial charge in [-0.05, 0) is 30.5 Å². The van der Waals surface area contributed by atoms with Crippen molar-refractivity contribution in [2.45, 2.75) is 65.8 Å². The number of nitrogens with zero attached hydrogens (tertiary/aromatic N) is 1. The molecular weight excluding hydrogens is 248 g/mol. The van der Waals surface area contributed by atoms with Gasteiger partial charge in [0.2, 0.25) is 5.88 Å². The van der Waals surface area contributed by atoms with Crippen molar-refractivity contribution in [2.24, 2.45) is 0 Å². The molecule has 0 spiro atoms. The molecule has 0 aliphatic rings. The average molecular weight is 278 g/mol. The normalized spacial score (nSPS) is 11.1. The fourth-order valence-electron chi connectivity index (χ4n) is 2.03. The van der Waals surface area contributed by atoms with E-state index in [9.17, 15) is 0 Å². The van der Waals surface area contributed by atoms with Crippen molar-refractivity contribution in [1.82, 2.24) is 10.3 Å². The molecule has 1 N–H and O–H groups in total. The van der Waals surface area contributed by atoms with Gasteiger partial charge < -0.3 is 10.1 Å². The van der Waals surface area contributed by atoms with Crippen LogP contribution < -0.4 is 10.1 Å². The Bertz CT molecular complexity index is 377. The van der Waals surface area contributed by atoms with Gasteiger partial charge >= 0.3 is 0 Å². The maximum absolute atomic E-state index is 5.83. The number of hydrogen-bond acceptors (Lipinski definition) is 3. The van der Waals surface area contributed by atoms with E-state index in [1.165, 1.54) is 24.8 Å². The van der Waals surface area contributed by atoms with Crippen LogP contribution in [0.2, 0.25) is 0 Å². The van der Waals surface area contributed by atoms with Crippen molar-refractivity contribution in [3.8, 4) is 5.88 Å². The van der Waals surface area contributed by atoms with E-state index in [4.69, 9.17) is 4.74 Å². The maximum atomic E-state index is 5.83. The van der Waals surface area contributed by atoms with Crippen LogP contribution >= 0.6 is 0 Å². The summed E-state index contributed by atoms with van der Waals surface area (Å²) in [5.74, 6) is 1.21. The van der Waals surface area contributed by atoms with E-state index in [0.717, 1.165) is 37.7 Å². The van der Waals surface area contributed by atoms with Crippen LogP contribution in [0.15, 0.2) is 12.1 Å². The molecule has 0 aliphatic heterocycles. The first-order chi connectivity index (χ1) is 9.67. The summed E-state index contributed by atoms with van der Waals surface area (Å²) in [5.41, 5.74) is 2.37. The molecule has 3 nitrogen and oxygen atoms in total. The van der Waals surface area contributed by atoms with Gasteiger partial charge in [0.15, 0.2) is 0 Å². The second-order valence-electron chi connectivity index (χ2n) is 5.58. The van der Waals surface area contributed by atoms with Crippen molar-refractivity contribution in [3.05, 3.63) is 23.4 Å². The lowest BCUT2D eigenvalue weighted by atomic mass is 10.1. The minimum absolute atomic E-state index is 0.430. The zero-order chi connectivity index (χ0) is 14.8. The van der Waals surface area contributed by atoms with E-state index in [2.05, 4.69) is 50.1 Å².